The normalized spacial score (nSPS) is 13.9. The maximum atomic E-state index is 12.1. The SMILES string of the molecule is CCCCCCCCCCCCCCCCC(N)CO[PH](=O)OCC(N)CCCCCCCCCCCCCCCC. The highest BCUT2D eigenvalue weighted by Crippen LogP contribution is 2.25. The van der Waals surface area contributed by atoms with Gasteiger partial charge in [-0.3, -0.25) is 4.57 Å². The Morgan fingerprint density at radius 1 is 0.405 bits per heavy atom. The number of rotatable bonds is 36. The first kappa shape index (κ1) is 42.1. The van der Waals surface area contributed by atoms with E-state index in [1.165, 1.54) is 167 Å². The minimum absolute atomic E-state index is 0.0656. The lowest BCUT2D eigenvalue weighted by Crippen LogP contribution is -2.26. The molecule has 0 fully saturated rings. The molecule has 0 saturated heterocycles. The van der Waals surface area contributed by atoms with Crippen molar-refractivity contribution in [2.75, 3.05) is 13.2 Å². The number of hydrogen-bond donors (Lipinski definition) is 2. The standard InChI is InChI=1S/C36H77N2O3P/c1-3-5-7-9-11-13-15-17-19-21-23-25-27-29-31-35(37)33-40-42(39)41-34-36(38)32-30-28-26-24-22-20-18-16-14-12-10-8-6-4-2/h35-36,42H,3-34,37-38H2,1-2H3. The second-order valence-electron chi connectivity index (χ2n) is 13.2. The van der Waals surface area contributed by atoms with Gasteiger partial charge in [0.2, 0.25) is 0 Å². The van der Waals surface area contributed by atoms with E-state index in [0.29, 0.717) is 13.2 Å². The van der Waals surface area contributed by atoms with Crippen LogP contribution in [0.4, 0.5) is 0 Å². The van der Waals surface area contributed by atoms with Crippen molar-refractivity contribution in [2.24, 2.45) is 11.5 Å². The van der Waals surface area contributed by atoms with E-state index in [1.807, 2.05) is 0 Å². The Bertz CT molecular complexity index is 494. The van der Waals surface area contributed by atoms with Crippen molar-refractivity contribution in [3.8, 4) is 0 Å². The van der Waals surface area contributed by atoms with Crippen LogP contribution in [0.2, 0.25) is 0 Å². The molecule has 5 nitrogen and oxygen atoms in total. The average Bonchev–Trinajstić information content (AvgIpc) is 2.99. The highest BCUT2D eigenvalue weighted by Gasteiger charge is 2.09. The van der Waals surface area contributed by atoms with Gasteiger partial charge < -0.3 is 20.5 Å². The van der Waals surface area contributed by atoms with E-state index in [-0.39, 0.29) is 12.1 Å². The molecule has 0 spiro atoms. The van der Waals surface area contributed by atoms with Gasteiger partial charge in [-0.1, -0.05) is 194 Å². The average molecular weight is 617 g/mol. The number of nitrogens with two attached hydrogens (primary N) is 2. The maximum absolute atomic E-state index is 12.1. The molecule has 0 radical (unpaired) electrons. The van der Waals surface area contributed by atoms with Crippen LogP contribution in [0.3, 0.4) is 0 Å². The van der Waals surface area contributed by atoms with Crippen LogP contribution >= 0.6 is 8.25 Å². The van der Waals surface area contributed by atoms with E-state index in [9.17, 15) is 4.57 Å². The third-order valence-corrected chi connectivity index (χ3v) is 9.49. The quantitative estimate of drug-likeness (QED) is 0.0540. The Kier molecular flexibility index (Phi) is 35.6. The molecule has 0 aliphatic rings. The largest absolute Gasteiger partial charge is 0.326 e. The second kappa shape index (κ2) is 35.5. The van der Waals surface area contributed by atoms with Gasteiger partial charge in [0.25, 0.3) is 0 Å². The van der Waals surface area contributed by atoms with Gasteiger partial charge in [-0.05, 0) is 12.8 Å². The molecule has 0 aromatic carbocycles. The molecule has 2 unspecified atom stereocenters. The molecule has 0 aliphatic heterocycles. The highest BCUT2D eigenvalue weighted by molar-refractivity contribution is 7.33. The maximum Gasteiger partial charge on any atom is 0.319 e. The first-order valence-electron chi connectivity index (χ1n) is 18.9. The van der Waals surface area contributed by atoms with E-state index in [1.54, 1.807) is 0 Å². The summed E-state index contributed by atoms with van der Waals surface area (Å²) in [6.07, 6.45) is 39.8. The van der Waals surface area contributed by atoms with E-state index in [0.717, 1.165) is 25.7 Å². The van der Waals surface area contributed by atoms with Crippen molar-refractivity contribution in [3.63, 3.8) is 0 Å². The Labute approximate surface area is 264 Å². The van der Waals surface area contributed by atoms with Gasteiger partial charge in [0.15, 0.2) is 0 Å². The van der Waals surface area contributed by atoms with Crippen molar-refractivity contribution in [1.29, 1.82) is 0 Å². The van der Waals surface area contributed by atoms with Crippen molar-refractivity contribution >= 4 is 8.25 Å². The first-order chi connectivity index (χ1) is 20.6. The lowest BCUT2D eigenvalue weighted by molar-refractivity contribution is 0.200. The minimum atomic E-state index is -2.50. The van der Waals surface area contributed by atoms with Crippen LogP contribution in [0.15, 0.2) is 0 Å². The van der Waals surface area contributed by atoms with Gasteiger partial charge in [0.1, 0.15) is 0 Å². The molecule has 6 heteroatoms. The van der Waals surface area contributed by atoms with Crippen LogP contribution in [0.25, 0.3) is 0 Å². The Hall–Kier alpha value is 0.0700. The summed E-state index contributed by atoms with van der Waals surface area (Å²) in [7, 11) is -2.50. The summed E-state index contributed by atoms with van der Waals surface area (Å²) in [6, 6.07) is -0.131. The summed E-state index contributed by atoms with van der Waals surface area (Å²) in [6.45, 7) is 5.18. The van der Waals surface area contributed by atoms with Gasteiger partial charge in [-0.25, -0.2) is 0 Å². The fourth-order valence-corrected chi connectivity index (χ4v) is 6.54. The molecule has 0 rings (SSSR count). The molecule has 0 heterocycles. The van der Waals surface area contributed by atoms with Crippen molar-refractivity contribution in [1.82, 2.24) is 0 Å². The second-order valence-corrected chi connectivity index (χ2v) is 14.2. The third kappa shape index (κ3) is 34.6. The molecule has 0 saturated carbocycles. The summed E-state index contributed by atoms with van der Waals surface area (Å²) in [5.41, 5.74) is 12.3. The molecule has 254 valence electrons. The summed E-state index contributed by atoms with van der Waals surface area (Å²) >= 11 is 0. The minimum Gasteiger partial charge on any atom is -0.326 e. The van der Waals surface area contributed by atoms with E-state index in [4.69, 9.17) is 20.5 Å². The lowest BCUT2D eigenvalue weighted by Gasteiger charge is -2.14. The van der Waals surface area contributed by atoms with Crippen LogP contribution in [0, 0.1) is 0 Å². The summed E-state index contributed by atoms with van der Waals surface area (Å²) in [5.74, 6) is 0. The van der Waals surface area contributed by atoms with Crippen molar-refractivity contribution in [2.45, 2.75) is 219 Å². The van der Waals surface area contributed by atoms with Crippen molar-refractivity contribution in [3.05, 3.63) is 0 Å². The zero-order valence-electron chi connectivity index (χ0n) is 28.7. The van der Waals surface area contributed by atoms with Gasteiger partial charge in [-0.15, -0.1) is 0 Å². The fourth-order valence-electron chi connectivity index (χ4n) is 5.76. The zero-order valence-corrected chi connectivity index (χ0v) is 29.7. The third-order valence-electron chi connectivity index (χ3n) is 8.69. The topological polar surface area (TPSA) is 87.6 Å². The van der Waals surface area contributed by atoms with Crippen LogP contribution in [-0.2, 0) is 13.6 Å². The Morgan fingerprint density at radius 3 is 0.857 bits per heavy atom. The zero-order chi connectivity index (χ0) is 30.8. The summed E-state index contributed by atoms with van der Waals surface area (Å²) in [5, 5.41) is 0. The van der Waals surface area contributed by atoms with Gasteiger partial charge in [0.05, 0.1) is 13.2 Å². The molecule has 42 heavy (non-hydrogen) atoms. The van der Waals surface area contributed by atoms with Gasteiger partial charge >= 0.3 is 8.25 Å². The summed E-state index contributed by atoms with van der Waals surface area (Å²) < 4.78 is 22.9. The molecule has 0 aromatic rings. The van der Waals surface area contributed by atoms with Crippen LogP contribution in [0.1, 0.15) is 206 Å². The molecule has 0 aliphatic carbocycles. The van der Waals surface area contributed by atoms with Gasteiger partial charge in [0, 0.05) is 12.1 Å². The van der Waals surface area contributed by atoms with E-state index in [2.05, 4.69) is 13.8 Å². The van der Waals surface area contributed by atoms with Crippen LogP contribution < -0.4 is 11.5 Å². The molecular formula is C36H77N2O3P. The molecular weight excluding hydrogens is 539 g/mol. The molecule has 0 bridgehead atoms. The van der Waals surface area contributed by atoms with E-state index < -0.39 is 8.25 Å². The lowest BCUT2D eigenvalue weighted by atomic mass is 10.0. The summed E-state index contributed by atoms with van der Waals surface area (Å²) in [4.78, 5) is 0. The first-order valence-corrected chi connectivity index (χ1v) is 20.1. The van der Waals surface area contributed by atoms with E-state index >= 15 is 0 Å². The Balaban J connectivity index is 3.38. The number of unbranched alkanes of at least 4 members (excludes halogenated alkanes) is 26. The predicted octanol–water partition coefficient (Wildman–Crippen LogP) is 11.8. The fraction of sp³-hybridized carbons (Fsp3) is 1.00. The highest BCUT2D eigenvalue weighted by atomic mass is 31.1. The van der Waals surface area contributed by atoms with Crippen molar-refractivity contribution < 1.29 is 13.6 Å². The van der Waals surface area contributed by atoms with Crippen LogP contribution in [-0.4, -0.2) is 25.3 Å². The number of hydrogen-bond acceptors (Lipinski definition) is 5. The molecule has 0 aromatic heterocycles. The predicted molar refractivity (Wildman–Crippen MR) is 187 cm³/mol. The Morgan fingerprint density at radius 2 is 0.619 bits per heavy atom. The van der Waals surface area contributed by atoms with Crippen LogP contribution in [0.5, 0.6) is 0 Å². The molecule has 4 N–H and O–H groups in total. The molecule has 0 amide bonds. The monoisotopic (exact) mass is 617 g/mol. The van der Waals surface area contributed by atoms with Gasteiger partial charge in [-0.2, -0.15) is 0 Å². The smallest absolute Gasteiger partial charge is 0.319 e. The molecule has 2 atom stereocenters.